The number of nitrogens with one attached hydrogen (secondary N) is 1. The Kier molecular flexibility index (Phi) is 10.6. The maximum Gasteiger partial charge on any atom is 0.251 e. The summed E-state index contributed by atoms with van der Waals surface area (Å²) in [5.41, 5.74) is 0.757. The molecule has 0 heterocycles. The molecule has 0 saturated heterocycles. The first kappa shape index (κ1) is 21.5. The molecular weight excluding hydrogens is 330 g/mol. The van der Waals surface area contributed by atoms with E-state index in [1.807, 2.05) is 30.3 Å². The number of hydrogen-bond donors (Lipinski definition) is 1. The molecule has 1 amide bonds. The van der Waals surface area contributed by atoms with Crippen molar-refractivity contribution in [3.05, 3.63) is 48.0 Å². The molecule has 148 valence electrons. The Morgan fingerprint density at radius 2 is 1.26 bits per heavy atom. The molecule has 27 heavy (non-hydrogen) atoms. The molecule has 0 aromatic heterocycles. The molecule has 0 atom stereocenters. The molecule has 2 heteroatoms. The second-order valence-corrected chi connectivity index (χ2v) is 7.71. The van der Waals surface area contributed by atoms with Crippen LogP contribution in [0.4, 0.5) is 0 Å². The van der Waals surface area contributed by atoms with Gasteiger partial charge in [0.25, 0.3) is 5.91 Å². The number of hydrogen-bond acceptors (Lipinski definition) is 1. The van der Waals surface area contributed by atoms with Gasteiger partial charge in [0, 0.05) is 12.1 Å². The van der Waals surface area contributed by atoms with Gasteiger partial charge < -0.3 is 5.32 Å². The first-order chi connectivity index (χ1) is 13.3. The van der Waals surface area contributed by atoms with E-state index in [0.717, 1.165) is 23.9 Å². The summed E-state index contributed by atoms with van der Waals surface area (Å²) in [7, 11) is 0. The minimum Gasteiger partial charge on any atom is -0.352 e. The number of rotatable bonds is 14. The summed E-state index contributed by atoms with van der Waals surface area (Å²) >= 11 is 0. The lowest BCUT2D eigenvalue weighted by molar-refractivity contribution is 0.0953. The summed E-state index contributed by atoms with van der Waals surface area (Å²) in [6.07, 6.45) is 16.1. The van der Waals surface area contributed by atoms with E-state index in [1.165, 1.54) is 76.0 Å². The van der Waals surface area contributed by atoms with E-state index in [2.05, 4.69) is 24.4 Å². The van der Waals surface area contributed by atoms with Crippen molar-refractivity contribution in [2.24, 2.45) is 0 Å². The predicted octanol–water partition coefficient (Wildman–Crippen LogP) is 7.27. The number of amides is 1. The van der Waals surface area contributed by atoms with Gasteiger partial charge in [-0.1, -0.05) is 108 Å². The number of benzene rings is 2. The first-order valence-electron chi connectivity index (χ1n) is 11.1. The van der Waals surface area contributed by atoms with Gasteiger partial charge in [-0.15, -0.1) is 0 Å². The summed E-state index contributed by atoms with van der Waals surface area (Å²) < 4.78 is 0. The zero-order valence-electron chi connectivity index (χ0n) is 17.1. The second-order valence-electron chi connectivity index (χ2n) is 7.71. The van der Waals surface area contributed by atoms with Crippen molar-refractivity contribution in [3.8, 4) is 0 Å². The molecule has 2 aromatic rings. The molecule has 0 aliphatic rings. The van der Waals surface area contributed by atoms with Gasteiger partial charge in [-0.25, -0.2) is 0 Å². The monoisotopic (exact) mass is 367 g/mol. The fraction of sp³-hybridized carbons (Fsp3) is 0.560. The molecule has 0 aliphatic heterocycles. The van der Waals surface area contributed by atoms with Gasteiger partial charge in [0.05, 0.1) is 0 Å². The summed E-state index contributed by atoms with van der Waals surface area (Å²) in [4.78, 5) is 12.3. The lowest BCUT2D eigenvalue weighted by Crippen LogP contribution is -2.24. The van der Waals surface area contributed by atoms with Crippen molar-refractivity contribution in [2.75, 3.05) is 6.54 Å². The van der Waals surface area contributed by atoms with Crippen LogP contribution in [0.5, 0.6) is 0 Å². The Morgan fingerprint density at radius 1 is 0.704 bits per heavy atom. The summed E-state index contributed by atoms with van der Waals surface area (Å²) in [5.74, 6) is 0.0452. The fourth-order valence-electron chi connectivity index (χ4n) is 3.60. The van der Waals surface area contributed by atoms with Gasteiger partial charge in [-0.3, -0.25) is 4.79 Å². The lowest BCUT2D eigenvalue weighted by atomic mass is 10.1. The minimum absolute atomic E-state index is 0.0452. The van der Waals surface area contributed by atoms with Crippen molar-refractivity contribution in [1.82, 2.24) is 5.32 Å². The quantitative estimate of drug-likeness (QED) is 0.349. The highest BCUT2D eigenvalue weighted by Gasteiger charge is 2.05. The summed E-state index contributed by atoms with van der Waals surface area (Å²) in [6, 6.07) is 14.1. The van der Waals surface area contributed by atoms with E-state index >= 15 is 0 Å². The Bertz CT molecular complexity index is 664. The van der Waals surface area contributed by atoms with E-state index in [-0.39, 0.29) is 5.91 Å². The second kappa shape index (κ2) is 13.4. The van der Waals surface area contributed by atoms with Crippen LogP contribution in [0.2, 0.25) is 0 Å². The zero-order chi connectivity index (χ0) is 19.2. The van der Waals surface area contributed by atoms with E-state index in [9.17, 15) is 4.79 Å². The smallest absolute Gasteiger partial charge is 0.251 e. The highest BCUT2D eigenvalue weighted by molar-refractivity contribution is 5.98. The topological polar surface area (TPSA) is 29.1 Å². The van der Waals surface area contributed by atoms with E-state index in [4.69, 9.17) is 0 Å². The molecule has 0 fully saturated rings. The van der Waals surface area contributed by atoms with Crippen molar-refractivity contribution in [1.29, 1.82) is 0 Å². The van der Waals surface area contributed by atoms with E-state index in [0.29, 0.717) is 0 Å². The molecule has 0 aliphatic carbocycles. The third kappa shape index (κ3) is 8.60. The Labute approximate surface area is 165 Å². The molecular formula is C25H37NO. The molecule has 1 N–H and O–H groups in total. The number of unbranched alkanes of at least 4 members (excludes halogenated alkanes) is 11. The number of carbonyl (C=O) groups is 1. The maximum atomic E-state index is 12.3. The molecule has 2 nitrogen and oxygen atoms in total. The SMILES string of the molecule is CCCCCCCCCCCCCCNC(=O)c1ccc2ccccc2c1. The zero-order valence-corrected chi connectivity index (χ0v) is 17.1. The minimum atomic E-state index is 0.0452. The highest BCUT2D eigenvalue weighted by Crippen LogP contribution is 2.16. The largest absolute Gasteiger partial charge is 0.352 e. The van der Waals surface area contributed by atoms with Crippen LogP contribution >= 0.6 is 0 Å². The molecule has 0 saturated carbocycles. The average molecular weight is 368 g/mol. The van der Waals surface area contributed by atoms with Crippen LogP contribution in [-0.2, 0) is 0 Å². The molecule has 2 rings (SSSR count). The number of carbonyl (C=O) groups excluding carboxylic acids is 1. The van der Waals surface area contributed by atoms with Crippen LogP contribution in [0.25, 0.3) is 10.8 Å². The van der Waals surface area contributed by atoms with Crippen LogP contribution < -0.4 is 5.32 Å². The highest BCUT2D eigenvalue weighted by atomic mass is 16.1. The lowest BCUT2D eigenvalue weighted by Gasteiger charge is -2.07. The summed E-state index contributed by atoms with van der Waals surface area (Å²) in [5, 5.41) is 5.36. The van der Waals surface area contributed by atoms with Gasteiger partial charge in [0.1, 0.15) is 0 Å². The van der Waals surface area contributed by atoms with Gasteiger partial charge >= 0.3 is 0 Å². The van der Waals surface area contributed by atoms with Gasteiger partial charge in [0.2, 0.25) is 0 Å². The molecule has 0 radical (unpaired) electrons. The summed E-state index contributed by atoms with van der Waals surface area (Å²) in [6.45, 7) is 3.05. The third-order valence-corrected chi connectivity index (χ3v) is 5.33. The maximum absolute atomic E-state index is 12.3. The Balaban J connectivity index is 1.47. The Hall–Kier alpha value is -1.83. The van der Waals surface area contributed by atoms with Crippen molar-refractivity contribution < 1.29 is 4.79 Å². The van der Waals surface area contributed by atoms with Crippen LogP contribution in [0.3, 0.4) is 0 Å². The van der Waals surface area contributed by atoms with Crippen LogP contribution in [0.15, 0.2) is 42.5 Å². The van der Waals surface area contributed by atoms with Crippen LogP contribution in [-0.4, -0.2) is 12.5 Å². The van der Waals surface area contributed by atoms with Gasteiger partial charge in [0.15, 0.2) is 0 Å². The van der Waals surface area contributed by atoms with Crippen molar-refractivity contribution in [3.63, 3.8) is 0 Å². The van der Waals surface area contributed by atoms with Gasteiger partial charge in [-0.2, -0.15) is 0 Å². The molecule has 0 bridgehead atoms. The standard InChI is InChI=1S/C25H37NO/c1-2-3-4-5-6-7-8-9-10-11-12-15-20-26-25(27)24-19-18-22-16-13-14-17-23(22)21-24/h13-14,16-19,21H,2-12,15,20H2,1H3,(H,26,27). The molecule has 2 aromatic carbocycles. The van der Waals surface area contributed by atoms with E-state index < -0.39 is 0 Å². The number of fused-ring (bicyclic) bond motifs is 1. The molecule has 0 spiro atoms. The van der Waals surface area contributed by atoms with E-state index in [1.54, 1.807) is 0 Å². The van der Waals surface area contributed by atoms with Crippen LogP contribution in [0, 0.1) is 0 Å². The Morgan fingerprint density at radius 3 is 1.89 bits per heavy atom. The van der Waals surface area contributed by atoms with Crippen LogP contribution in [0.1, 0.15) is 94.3 Å². The molecule has 0 unspecified atom stereocenters. The third-order valence-electron chi connectivity index (χ3n) is 5.33. The van der Waals surface area contributed by atoms with Gasteiger partial charge in [-0.05, 0) is 29.3 Å². The van der Waals surface area contributed by atoms with Crippen molar-refractivity contribution in [2.45, 2.75) is 84.0 Å². The normalized spacial score (nSPS) is 11.0. The first-order valence-corrected chi connectivity index (χ1v) is 11.1. The average Bonchev–Trinajstić information content (AvgIpc) is 2.71. The fourth-order valence-corrected chi connectivity index (χ4v) is 3.60. The van der Waals surface area contributed by atoms with Crippen molar-refractivity contribution >= 4 is 16.7 Å². The predicted molar refractivity (Wildman–Crippen MR) is 117 cm³/mol.